The first kappa shape index (κ1) is 14.3. The number of hydrogen-bond donors (Lipinski definition) is 1. The van der Waals surface area contributed by atoms with Gasteiger partial charge in [0.15, 0.2) is 0 Å². The zero-order chi connectivity index (χ0) is 13.9. The van der Waals surface area contributed by atoms with Crippen LogP contribution in [0.4, 0.5) is 0 Å². The average Bonchev–Trinajstić information content (AvgIpc) is 3.00. The van der Waals surface area contributed by atoms with E-state index in [9.17, 15) is 8.42 Å². The fourth-order valence-corrected chi connectivity index (χ4v) is 4.39. The molecule has 0 aliphatic rings. The maximum atomic E-state index is 12.4. The molecule has 0 atom stereocenters. The van der Waals surface area contributed by atoms with E-state index in [1.165, 1.54) is 21.9 Å². The topological polar surface area (TPSA) is 76.5 Å². The number of hydrogen-bond acceptors (Lipinski definition) is 5. The summed E-state index contributed by atoms with van der Waals surface area (Å²) in [6.07, 6.45) is 3.77. The lowest BCUT2D eigenvalue weighted by molar-refractivity contribution is 0.465. The van der Waals surface area contributed by atoms with E-state index < -0.39 is 10.0 Å². The summed E-state index contributed by atoms with van der Waals surface area (Å²) in [4.78, 5) is 0.984. The lowest BCUT2D eigenvalue weighted by atomic mass is 10.3. The van der Waals surface area contributed by atoms with Gasteiger partial charge in [-0.2, -0.15) is 4.31 Å². The van der Waals surface area contributed by atoms with E-state index in [0.717, 1.165) is 10.4 Å². The summed E-state index contributed by atoms with van der Waals surface area (Å²) in [7, 11) is -1.88. The maximum Gasteiger partial charge on any atom is 0.252 e. The van der Waals surface area contributed by atoms with Crippen LogP contribution in [0.5, 0.6) is 0 Å². The molecule has 2 aromatic rings. The van der Waals surface area contributed by atoms with Crippen molar-refractivity contribution < 1.29 is 12.8 Å². The molecule has 0 saturated carbocycles. The molecular formula is C12H16N2O3S2. The summed E-state index contributed by atoms with van der Waals surface area (Å²) in [5, 5.41) is 0. The minimum Gasteiger partial charge on any atom is -0.472 e. The van der Waals surface area contributed by atoms with Gasteiger partial charge < -0.3 is 10.2 Å². The molecule has 0 amide bonds. The van der Waals surface area contributed by atoms with E-state index in [1.54, 1.807) is 25.4 Å². The maximum absolute atomic E-state index is 12.4. The SMILES string of the molecule is CN(Cc1ccoc1)S(=O)(=O)c1ccc(CCN)s1. The summed E-state index contributed by atoms with van der Waals surface area (Å²) < 4.78 is 31.3. The number of furan rings is 1. The lowest BCUT2D eigenvalue weighted by Gasteiger charge is -2.14. The molecule has 2 heterocycles. The number of rotatable bonds is 6. The quantitative estimate of drug-likeness (QED) is 0.880. The Bertz CT molecular complexity index is 617. The van der Waals surface area contributed by atoms with Crippen molar-refractivity contribution in [3.05, 3.63) is 41.2 Å². The van der Waals surface area contributed by atoms with E-state index in [0.29, 0.717) is 23.7 Å². The summed E-state index contributed by atoms with van der Waals surface area (Å²) in [5.41, 5.74) is 6.29. The predicted octanol–water partition coefficient (Wildman–Crippen LogP) is 1.66. The van der Waals surface area contributed by atoms with Gasteiger partial charge in [-0.25, -0.2) is 8.42 Å². The summed E-state index contributed by atoms with van der Waals surface area (Å²) in [6, 6.07) is 5.20. The molecule has 5 nitrogen and oxygen atoms in total. The van der Waals surface area contributed by atoms with Gasteiger partial charge in [-0.05, 0) is 31.2 Å². The smallest absolute Gasteiger partial charge is 0.252 e. The molecule has 19 heavy (non-hydrogen) atoms. The van der Waals surface area contributed by atoms with Gasteiger partial charge in [-0.3, -0.25) is 0 Å². The summed E-state index contributed by atoms with van der Waals surface area (Å²) in [6.45, 7) is 0.813. The molecule has 2 rings (SSSR count). The number of nitrogens with two attached hydrogens (primary N) is 1. The summed E-state index contributed by atoms with van der Waals surface area (Å²) >= 11 is 1.27. The molecule has 0 spiro atoms. The first-order chi connectivity index (χ1) is 9.04. The Kier molecular flexibility index (Phi) is 4.41. The van der Waals surface area contributed by atoms with Gasteiger partial charge in [0.2, 0.25) is 0 Å². The van der Waals surface area contributed by atoms with Crippen molar-refractivity contribution in [3.63, 3.8) is 0 Å². The van der Waals surface area contributed by atoms with Gasteiger partial charge >= 0.3 is 0 Å². The number of nitrogens with zero attached hydrogens (tertiary/aromatic N) is 1. The highest BCUT2D eigenvalue weighted by Crippen LogP contribution is 2.25. The Labute approximate surface area is 116 Å². The van der Waals surface area contributed by atoms with Crippen molar-refractivity contribution in [1.82, 2.24) is 4.31 Å². The molecule has 0 fully saturated rings. The highest BCUT2D eigenvalue weighted by Gasteiger charge is 2.23. The van der Waals surface area contributed by atoms with Crippen LogP contribution in [0.2, 0.25) is 0 Å². The standard InChI is InChI=1S/C12H16N2O3S2/c1-14(8-10-5-7-17-9-10)19(15,16)12-3-2-11(18-12)4-6-13/h2-3,5,7,9H,4,6,8,13H2,1H3. The molecule has 0 aliphatic heterocycles. The van der Waals surface area contributed by atoms with Gasteiger partial charge in [0.25, 0.3) is 10.0 Å². The Morgan fingerprint density at radius 3 is 2.79 bits per heavy atom. The highest BCUT2D eigenvalue weighted by atomic mass is 32.2. The first-order valence-electron chi connectivity index (χ1n) is 5.80. The normalized spacial score (nSPS) is 12.2. The zero-order valence-corrected chi connectivity index (χ0v) is 12.2. The van der Waals surface area contributed by atoms with Crippen molar-refractivity contribution >= 4 is 21.4 Å². The van der Waals surface area contributed by atoms with E-state index in [4.69, 9.17) is 10.2 Å². The molecule has 104 valence electrons. The fraction of sp³-hybridized carbons (Fsp3) is 0.333. The summed E-state index contributed by atoms with van der Waals surface area (Å²) in [5.74, 6) is 0. The number of thiophene rings is 1. The van der Waals surface area contributed by atoms with Crippen LogP contribution < -0.4 is 5.73 Å². The first-order valence-corrected chi connectivity index (χ1v) is 8.06. The molecule has 7 heteroatoms. The van der Waals surface area contributed by atoms with Crippen LogP contribution in [0, 0.1) is 0 Å². The molecule has 0 radical (unpaired) electrons. The Morgan fingerprint density at radius 2 is 2.16 bits per heavy atom. The van der Waals surface area contributed by atoms with Crippen LogP contribution in [0.1, 0.15) is 10.4 Å². The van der Waals surface area contributed by atoms with E-state index in [2.05, 4.69) is 0 Å². The third-order valence-corrected chi connectivity index (χ3v) is 6.09. The van der Waals surface area contributed by atoms with Gasteiger partial charge in [0.1, 0.15) is 4.21 Å². The van der Waals surface area contributed by atoms with Gasteiger partial charge in [-0.1, -0.05) is 0 Å². The van der Waals surface area contributed by atoms with Crippen LogP contribution in [0.25, 0.3) is 0 Å². The average molecular weight is 300 g/mol. The molecule has 0 unspecified atom stereocenters. The van der Waals surface area contributed by atoms with Crippen LogP contribution >= 0.6 is 11.3 Å². The van der Waals surface area contributed by atoms with Crippen molar-refractivity contribution in [3.8, 4) is 0 Å². The molecule has 0 aromatic carbocycles. The van der Waals surface area contributed by atoms with Gasteiger partial charge in [0, 0.05) is 24.0 Å². The van der Waals surface area contributed by atoms with E-state index >= 15 is 0 Å². The molecule has 0 bridgehead atoms. The van der Waals surface area contributed by atoms with Crippen LogP contribution in [0.3, 0.4) is 0 Å². The predicted molar refractivity (Wildman–Crippen MR) is 74.4 cm³/mol. The third-order valence-electron chi connectivity index (χ3n) is 2.68. The van der Waals surface area contributed by atoms with E-state index in [1.807, 2.05) is 6.07 Å². The molecule has 2 aromatic heterocycles. The third kappa shape index (κ3) is 3.24. The Balaban J connectivity index is 2.16. The van der Waals surface area contributed by atoms with Crippen LogP contribution in [0.15, 0.2) is 39.4 Å². The largest absolute Gasteiger partial charge is 0.472 e. The second kappa shape index (κ2) is 5.87. The molecule has 2 N–H and O–H groups in total. The van der Waals surface area contributed by atoms with Crippen molar-refractivity contribution in [2.45, 2.75) is 17.2 Å². The second-order valence-corrected chi connectivity index (χ2v) is 7.59. The van der Waals surface area contributed by atoms with Crippen LogP contribution in [-0.2, 0) is 23.0 Å². The fourth-order valence-electron chi connectivity index (χ4n) is 1.65. The van der Waals surface area contributed by atoms with E-state index in [-0.39, 0.29) is 0 Å². The minimum atomic E-state index is -3.44. The molecule has 0 aliphatic carbocycles. The van der Waals surface area contributed by atoms with Crippen molar-refractivity contribution in [2.75, 3.05) is 13.6 Å². The zero-order valence-electron chi connectivity index (χ0n) is 10.6. The second-order valence-electron chi connectivity index (χ2n) is 4.15. The van der Waals surface area contributed by atoms with Gasteiger partial charge in [0.05, 0.1) is 12.5 Å². The molecule has 0 saturated heterocycles. The monoisotopic (exact) mass is 300 g/mol. The number of sulfonamides is 1. The lowest BCUT2D eigenvalue weighted by Crippen LogP contribution is -2.25. The van der Waals surface area contributed by atoms with Crippen molar-refractivity contribution in [2.24, 2.45) is 5.73 Å². The van der Waals surface area contributed by atoms with Crippen LogP contribution in [-0.4, -0.2) is 26.3 Å². The van der Waals surface area contributed by atoms with Crippen molar-refractivity contribution in [1.29, 1.82) is 0 Å². The highest BCUT2D eigenvalue weighted by molar-refractivity contribution is 7.91. The Morgan fingerprint density at radius 1 is 1.37 bits per heavy atom. The Hall–Kier alpha value is -1.15. The minimum absolute atomic E-state index is 0.295. The molecular weight excluding hydrogens is 284 g/mol. The van der Waals surface area contributed by atoms with Gasteiger partial charge in [-0.15, -0.1) is 11.3 Å².